The van der Waals surface area contributed by atoms with Crippen LogP contribution in [0.1, 0.15) is 11.3 Å². The van der Waals surface area contributed by atoms with Gasteiger partial charge in [0, 0.05) is 16.6 Å². The molecule has 0 amide bonds. The summed E-state index contributed by atoms with van der Waals surface area (Å²) in [6.07, 6.45) is -4.54. The number of pyridine rings is 1. The van der Waals surface area contributed by atoms with Crippen LogP contribution in [0.4, 0.5) is 17.6 Å². The molecule has 0 aliphatic rings. The van der Waals surface area contributed by atoms with Gasteiger partial charge in [0.1, 0.15) is 11.6 Å². The fourth-order valence-corrected chi connectivity index (χ4v) is 2.67. The van der Waals surface area contributed by atoms with Gasteiger partial charge in [-0.2, -0.15) is 13.2 Å². The Bertz CT molecular complexity index is 919. The number of para-hydroxylation sites is 1. The van der Waals surface area contributed by atoms with Gasteiger partial charge >= 0.3 is 6.18 Å². The number of fused-ring (bicyclic) bond motifs is 1. The lowest BCUT2D eigenvalue weighted by Crippen LogP contribution is -2.07. The fraction of sp³-hybridized carbons (Fsp3) is 0.167. The first-order valence-electron chi connectivity index (χ1n) is 7.12. The Labute approximate surface area is 135 Å². The highest BCUT2D eigenvalue weighted by Crippen LogP contribution is 2.38. The topological polar surface area (TPSA) is 22.1 Å². The molecule has 3 rings (SSSR count). The highest BCUT2D eigenvalue weighted by atomic mass is 19.4. The summed E-state index contributed by atoms with van der Waals surface area (Å²) in [6, 6.07) is 9.49. The third-order valence-electron chi connectivity index (χ3n) is 3.74. The zero-order valence-electron chi connectivity index (χ0n) is 12.9. The third kappa shape index (κ3) is 2.79. The molecule has 2 nitrogen and oxygen atoms in total. The van der Waals surface area contributed by atoms with Crippen molar-refractivity contribution in [1.29, 1.82) is 0 Å². The number of hydrogen-bond acceptors (Lipinski definition) is 2. The molecule has 0 atom stereocenters. The van der Waals surface area contributed by atoms with E-state index in [4.69, 9.17) is 4.74 Å². The van der Waals surface area contributed by atoms with Gasteiger partial charge in [0.2, 0.25) is 0 Å². The van der Waals surface area contributed by atoms with Crippen molar-refractivity contribution >= 4 is 10.9 Å². The number of aryl methyl sites for hydroxylation is 1. The Kier molecular flexibility index (Phi) is 3.91. The summed E-state index contributed by atoms with van der Waals surface area (Å²) >= 11 is 0. The molecule has 124 valence electrons. The summed E-state index contributed by atoms with van der Waals surface area (Å²) in [5.74, 6) is -0.124. The predicted octanol–water partition coefficient (Wildman–Crippen LogP) is 5.38. The standard InChI is InChI=1S/C18H13F4NO/c1-10-8-13(14-9-11(24-2)6-7-16(14)19)12-4-3-5-15(17(12)23-10)18(20,21)22/h3-9H,1-2H3. The van der Waals surface area contributed by atoms with Gasteiger partial charge in [-0.3, -0.25) is 4.98 Å². The van der Waals surface area contributed by atoms with E-state index in [0.29, 0.717) is 17.0 Å². The molecule has 0 aliphatic heterocycles. The summed E-state index contributed by atoms with van der Waals surface area (Å²) in [4.78, 5) is 4.03. The van der Waals surface area contributed by atoms with Gasteiger partial charge in [-0.1, -0.05) is 12.1 Å². The molecule has 0 saturated carbocycles. The second kappa shape index (κ2) is 5.78. The summed E-state index contributed by atoms with van der Waals surface area (Å²) in [6.45, 7) is 1.58. The van der Waals surface area contributed by atoms with Crippen molar-refractivity contribution in [3.8, 4) is 16.9 Å². The van der Waals surface area contributed by atoms with Gasteiger partial charge in [0.25, 0.3) is 0 Å². The molecule has 24 heavy (non-hydrogen) atoms. The van der Waals surface area contributed by atoms with Crippen molar-refractivity contribution in [3.63, 3.8) is 0 Å². The molecule has 6 heteroatoms. The van der Waals surface area contributed by atoms with E-state index in [0.717, 1.165) is 6.07 Å². The smallest absolute Gasteiger partial charge is 0.418 e. The van der Waals surface area contributed by atoms with Crippen molar-refractivity contribution < 1.29 is 22.3 Å². The summed E-state index contributed by atoms with van der Waals surface area (Å²) in [7, 11) is 1.44. The van der Waals surface area contributed by atoms with Crippen LogP contribution >= 0.6 is 0 Å². The van der Waals surface area contributed by atoms with Crippen molar-refractivity contribution in [2.24, 2.45) is 0 Å². The number of alkyl halides is 3. The fourth-order valence-electron chi connectivity index (χ4n) is 2.67. The molecule has 0 N–H and O–H groups in total. The Balaban J connectivity index is 2.38. The van der Waals surface area contributed by atoms with Crippen molar-refractivity contribution in [2.75, 3.05) is 7.11 Å². The van der Waals surface area contributed by atoms with Gasteiger partial charge in [0.15, 0.2) is 0 Å². The lowest BCUT2D eigenvalue weighted by molar-refractivity contribution is -0.136. The van der Waals surface area contributed by atoms with Crippen LogP contribution in [0.25, 0.3) is 22.0 Å². The summed E-state index contributed by atoms with van der Waals surface area (Å²) in [5, 5.41) is 0.238. The average molecular weight is 335 g/mol. The number of hydrogen-bond donors (Lipinski definition) is 0. The van der Waals surface area contributed by atoms with Crippen LogP contribution in [0.5, 0.6) is 5.75 Å². The molecule has 0 spiro atoms. The quantitative estimate of drug-likeness (QED) is 0.587. The minimum atomic E-state index is -4.54. The molecule has 0 saturated heterocycles. The minimum Gasteiger partial charge on any atom is -0.497 e. The molecule has 1 heterocycles. The van der Waals surface area contributed by atoms with Crippen LogP contribution in [0, 0.1) is 12.7 Å². The summed E-state index contributed by atoms with van der Waals surface area (Å²) in [5.41, 5.74) is -0.143. The Morgan fingerprint density at radius 1 is 1.00 bits per heavy atom. The third-order valence-corrected chi connectivity index (χ3v) is 3.74. The number of ether oxygens (including phenoxy) is 1. The largest absolute Gasteiger partial charge is 0.497 e. The zero-order chi connectivity index (χ0) is 17.5. The highest BCUT2D eigenvalue weighted by molar-refractivity contribution is 5.96. The second-order valence-electron chi connectivity index (χ2n) is 5.36. The number of benzene rings is 2. The maximum absolute atomic E-state index is 14.3. The molecular formula is C18H13F4NO. The van der Waals surface area contributed by atoms with Gasteiger partial charge in [-0.25, -0.2) is 4.39 Å². The van der Waals surface area contributed by atoms with E-state index in [-0.39, 0.29) is 16.5 Å². The molecule has 1 aromatic heterocycles. The lowest BCUT2D eigenvalue weighted by atomic mass is 9.97. The van der Waals surface area contributed by atoms with E-state index < -0.39 is 17.6 Å². The Hall–Kier alpha value is -2.63. The number of halogens is 4. The molecule has 0 unspecified atom stereocenters. The van der Waals surface area contributed by atoms with Crippen LogP contribution < -0.4 is 4.74 Å². The van der Waals surface area contributed by atoms with Crippen LogP contribution in [-0.4, -0.2) is 12.1 Å². The van der Waals surface area contributed by atoms with E-state index in [2.05, 4.69) is 4.98 Å². The number of methoxy groups -OCH3 is 1. The van der Waals surface area contributed by atoms with E-state index in [1.54, 1.807) is 13.0 Å². The monoisotopic (exact) mass is 335 g/mol. The maximum Gasteiger partial charge on any atom is 0.418 e. The zero-order valence-corrected chi connectivity index (χ0v) is 12.9. The Morgan fingerprint density at radius 3 is 2.42 bits per heavy atom. The average Bonchev–Trinajstić information content (AvgIpc) is 2.53. The van der Waals surface area contributed by atoms with Crippen LogP contribution in [0.15, 0.2) is 42.5 Å². The summed E-state index contributed by atoms with van der Waals surface area (Å²) < 4.78 is 59.1. The molecular weight excluding hydrogens is 322 g/mol. The predicted molar refractivity (Wildman–Crippen MR) is 83.4 cm³/mol. The van der Waals surface area contributed by atoms with Gasteiger partial charge in [-0.05, 0) is 42.8 Å². The first-order valence-corrected chi connectivity index (χ1v) is 7.12. The minimum absolute atomic E-state index is 0.171. The van der Waals surface area contributed by atoms with Crippen molar-refractivity contribution in [3.05, 3.63) is 59.5 Å². The molecule has 0 bridgehead atoms. The van der Waals surface area contributed by atoms with E-state index in [1.807, 2.05) is 0 Å². The van der Waals surface area contributed by atoms with Crippen molar-refractivity contribution in [2.45, 2.75) is 13.1 Å². The first-order chi connectivity index (χ1) is 11.3. The van der Waals surface area contributed by atoms with E-state index in [9.17, 15) is 17.6 Å². The van der Waals surface area contributed by atoms with E-state index >= 15 is 0 Å². The number of rotatable bonds is 2. The second-order valence-corrected chi connectivity index (χ2v) is 5.36. The lowest BCUT2D eigenvalue weighted by Gasteiger charge is -2.14. The van der Waals surface area contributed by atoms with Gasteiger partial charge < -0.3 is 4.74 Å². The Morgan fingerprint density at radius 2 is 1.75 bits per heavy atom. The SMILES string of the molecule is COc1ccc(F)c(-c2cc(C)nc3c(C(F)(F)F)cccc23)c1. The van der Waals surface area contributed by atoms with Crippen LogP contribution in [0.3, 0.4) is 0 Å². The molecule has 2 aromatic carbocycles. The molecule has 0 aliphatic carbocycles. The first kappa shape index (κ1) is 16.2. The van der Waals surface area contributed by atoms with Crippen LogP contribution in [-0.2, 0) is 6.18 Å². The van der Waals surface area contributed by atoms with Gasteiger partial charge in [0.05, 0.1) is 18.2 Å². The van der Waals surface area contributed by atoms with E-state index in [1.165, 1.54) is 37.4 Å². The highest BCUT2D eigenvalue weighted by Gasteiger charge is 2.33. The number of aromatic nitrogens is 1. The van der Waals surface area contributed by atoms with Gasteiger partial charge in [-0.15, -0.1) is 0 Å². The number of nitrogens with zero attached hydrogens (tertiary/aromatic N) is 1. The maximum atomic E-state index is 14.3. The van der Waals surface area contributed by atoms with Crippen molar-refractivity contribution in [1.82, 2.24) is 4.98 Å². The molecule has 3 aromatic rings. The normalized spacial score (nSPS) is 11.8. The van der Waals surface area contributed by atoms with Crippen LogP contribution in [0.2, 0.25) is 0 Å². The molecule has 0 fully saturated rings. The molecule has 0 radical (unpaired) electrons.